The Morgan fingerprint density at radius 1 is 1.28 bits per heavy atom. The average molecular weight is 603 g/mol. The van der Waals surface area contributed by atoms with E-state index in [1.165, 1.54) is 17.4 Å². The van der Waals surface area contributed by atoms with Gasteiger partial charge in [-0.2, -0.15) is 10.2 Å². The van der Waals surface area contributed by atoms with Gasteiger partial charge in [0.25, 0.3) is 0 Å². The second-order valence-electron chi connectivity index (χ2n) is 11.9. The van der Waals surface area contributed by atoms with Crippen LogP contribution in [-0.4, -0.2) is 82.7 Å². The minimum absolute atomic E-state index is 0.0662. The van der Waals surface area contributed by atoms with Gasteiger partial charge in [0.1, 0.15) is 23.0 Å². The highest BCUT2D eigenvalue weighted by molar-refractivity contribution is 7.16. The molecular weight excluding hydrogens is 564 g/mol. The van der Waals surface area contributed by atoms with Gasteiger partial charge in [-0.15, -0.1) is 11.3 Å². The van der Waals surface area contributed by atoms with Crippen molar-refractivity contribution in [3.63, 3.8) is 0 Å². The van der Waals surface area contributed by atoms with Gasteiger partial charge >= 0.3 is 0 Å². The van der Waals surface area contributed by atoms with Crippen LogP contribution in [0.1, 0.15) is 61.2 Å². The Kier molecular flexibility index (Phi) is 7.87. The number of nitrogens with zero attached hydrogens (tertiary/aromatic N) is 7. The van der Waals surface area contributed by atoms with Gasteiger partial charge in [-0.1, -0.05) is 11.7 Å². The number of nitrogens with two attached hydrogens (primary N) is 1. The molecule has 5 heterocycles. The number of carbonyl (C=O) groups excluding carboxylic acids is 1. The van der Waals surface area contributed by atoms with Crippen LogP contribution in [0.5, 0.6) is 5.88 Å². The van der Waals surface area contributed by atoms with Gasteiger partial charge in [0, 0.05) is 54.6 Å². The summed E-state index contributed by atoms with van der Waals surface area (Å²) >= 11 is 1.50. The quantitative estimate of drug-likeness (QED) is 0.395. The van der Waals surface area contributed by atoms with Crippen molar-refractivity contribution in [3.05, 3.63) is 46.5 Å². The zero-order valence-electron chi connectivity index (χ0n) is 25.0. The van der Waals surface area contributed by atoms with E-state index in [2.05, 4.69) is 48.5 Å². The van der Waals surface area contributed by atoms with E-state index in [0.717, 1.165) is 54.8 Å². The number of nitriles is 1. The van der Waals surface area contributed by atoms with E-state index in [0.29, 0.717) is 66.1 Å². The topological polar surface area (TPSA) is 138 Å². The van der Waals surface area contributed by atoms with Gasteiger partial charge in [0.05, 0.1) is 11.3 Å². The number of hydrogen-bond donors (Lipinski definition) is 1. The molecule has 3 aliphatic rings. The second kappa shape index (κ2) is 11.6. The van der Waals surface area contributed by atoms with Gasteiger partial charge in [-0.05, 0) is 71.2 Å². The molecule has 0 saturated carbocycles. The van der Waals surface area contributed by atoms with Crippen LogP contribution < -0.4 is 15.4 Å². The molecule has 6 rings (SSSR count). The number of nitrogen functional groups attached to an aromatic ring is 1. The maximum atomic E-state index is 12.2. The lowest BCUT2D eigenvalue weighted by Crippen LogP contribution is -2.48. The fourth-order valence-corrected chi connectivity index (χ4v) is 8.01. The van der Waals surface area contributed by atoms with Crippen LogP contribution in [-0.2, 0) is 16.6 Å². The first-order valence-corrected chi connectivity index (χ1v) is 15.7. The molecule has 0 radical (unpaired) electrons. The van der Waals surface area contributed by atoms with Gasteiger partial charge in [0.15, 0.2) is 0 Å². The van der Waals surface area contributed by atoms with E-state index in [1.807, 2.05) is 12.1 Å². The molecule has 0 aromatic carbocycles. The molecule has 226 valence electrons. The summed E-state index contributed by atoms with van der Waals surface area (Å²) in [6.07, 6.45) is 6.20. The molecule has 12 heteroatoms. The van der Waals surface area contributed by atoms with Crippen molar-refractivity contribution in [1.82, 2.24) is 24.9 Å². The minimum Gasteiger partial charge on any atom is -0.473 e. The van der Waals surface area contributed by atoms with Crippen LogP contribution in [0, 0.1) is 11.3 Å². The first-order chi connectivity index (χ1) is 20.7. The van der Waals surface area contributed by atoms with E-state index >= 15 is 0 Å². The highest BCUT2D eigenvalue weighted by atomic mass is 32.1. The van der Waals surface area contributed by atoms with Crippen LogP contribution >= 0.6 is 11.3 Å². The van der Waals surface area contributed by atoms with Crippen molar-refractivity contribution in [3.8, 4) is 23.5 Å². The molecule has 1 aliphatic carbocycles. The van der Waals surface area contributed by atoms with Gasteiger partial charge in [0.2, 0.25) is 23.4 Å². The van der Waals surface area contributed by atoms with Crippen molar-refractivity contribution in [2.24, 2.45) is 0 Å². The Labute approximate surface area is 255 Å². The van der Waals surface area contributed by atoms with Crippen molar-refractivity contribution in [2.45, 2.75) is 63.5 Å². The maximum absolute atomic E-state index is 12.2. The Balaban J connectivity index is 1.34. The lowest BCUT2D eigenvalue weighted by molar-refractivity contribution is -0.126. The number of rotatable bonds is 7. The second-order valence-corrected chi connectivity index (χ2v) is 13.1. The summed E-state index contributed by atoms with van der Waals surface area (Å²) < 4.78 is 12.4. The van der Waals surface area contributed by atoms with Gasteiger partial charge in [-0.3, -0.25) is 9.69 Å². The third-order valence-corrected chi connectivity index (χ3v) is 10.3. The predicted octanol–water partition coefficient (Wildman–Crippen LogP) is 3.99. The largest absolute Gasteiger partial charge is 0.473 e. The maximum Gasteiger partial charge on any atom is 0.246 e. The van der Waals surface area contributed by atoms with Gasteiger partial charge in [-0.25, -0.2) is 4.98 Å². The Morgan fingerprint density at radius 2 is 2.07 bits per heavy atom. The van der Waals surface area contributed by atoms with Crippen molar-refractivity contribution < 1.29 is 14.1 Å². The van der Waals surface area contributed by atoms with Crippen LogP contribution in [0.2, 0.25) is 0 Å². The number of hydrogen-bond acceptors (Lipinski definition) is 11. The molecule has 2 aliphatic heterocycles. The molecule has 0 bridgehead atoms. The number of aromatic nitrogens is 3. The standard InChI is InChI=1S/C31H38N8O3S/c1-5-27(40)39-14-12-38(13-15-39)25-17-26(41-19(2)21-8-7-11-37(21)4)35-30(34-25)22-16-24(36-42-22)31(3)10-6-9-23-28(31)20(18-32)29(33)43-23/h5,16-17,19,21H,1,6-15,33H2,2-4H3/t19-,21-,31?/m0/s1. The summed E-state index contributed by atoms with van der Waals surface area (Å²) in [6.45, 7) is 11.2. The third-order valence-electron chi connectivity index (χ3n) is 9.25. The molecule has 2 N–H and O–H groups in total. The molecule has 2 fully saturated rings. The third kappa shape index (κ3) is 5.36. The number of likely N-dealkylation sites (tertiary alicyclic amines) is 1. The normalized spacial score (nSPS) is 23.1. The van der Waals surface area contributed by atoms with Gasteiger partial charge < -0.3 is 24.8 Å². The first-order valence-electron chi connectivity index (χ1n) is 14.9. The zero-order valence-corrected chi connectivity index (χ0v) is 25.8. The number of aryl methyl sites for hydroxylation is 1. The Bertz CT molecular complexity index is 1570. The molecule has 11 nitrogen and oxygen atoms in total. The molecule has 43 heavy (non-hydrogen) atoms. The lowest BCUT2D eigenvalue weighted by Gasteiger charge is -2.35. The average Bonchev–Trinajstić information content (AvgIpc) is 3.75. The summed E-state index contributed by atoms with van der Waals surface area (Å²) in [5.41, 5.74) is 7.96. The van der Waals surface area contributed by atoms with E-state index in [-0.39, 0.29) is 12.0 Å². The molecule has 3 aromatic rings. The van der Waals surface area contributed by atoms with E-state index in [9.17, 15) is 10.1 Å². The molecule has 0 spiro atoms. The number of anilines is 2. The Hall–Kier alpha value is -3.95. The minimum atomic E-state index is -0.513. The molecule has 1 unspecified atom stereocenters. The van der Waals surface area contributed by atoms with E-state index < -0.39 is 5.41 Å². The number of carbonyl (C=O) groups is 1. The summed E-state index contributed by atoms with van der Waals surface area (Å²) in [7, 11) is 2.13. The first kappa shape index (κ1) is 29.1. The van der Waals surface area contributed by atoms with Crippen molar-refractivity contribution in [2.75, 3.05) is 50.4 Å². The number of likely N-dealkylation sites (N-methyl/N-ethyl adjacent to an activating group) is 1. The van der Waals surface area contributed by atoms with Crippen molar-refractivity contribution >= 4 is 28.1 Å². The fourth-order valence-electron chi connectivity index (χ4n) is 6.82. The molecule has 3 atom stereocenters. The van der Waals surface area contributed by atoms with E-state index in [1.54, 1.807) is 4.90 Å². The fraction of sp³-hybridized carbons (Fsp3) is 0.516. The Morgan fingerprint density at radius 3 is 2.77 bits per heavy atom. The van der Waals surface area contributed by atoms with Crippen LogP contribution in [0.25, 0.3) is 11.6 Å². The number of thiophene rings is 1. The van der Waals surface area contributed by atoms with Crippen LogP contribution in [0.15, 0.2) is 29.3 Å². The highest BCUT2D eigenvalue weighted by Crippen LogP contribution is 2.49. The van der Waals surface area contributed by atoms with E-state index in [4.69, 9.17) is 25.0 Å². The molecule has 2 saturated heterocycles. The number of ether oxygens (including phenoxy) is 1. The predicted molar refractivity (Wildman–Crippen MR) is 165 cm³/mol. The lowest BCUT2D eigenvalue weighted by atomic mass is 9.70. The summed E-state index contributed by atoms with van der Waals surface area (Å²) in [4.78, 5) is 29.2. The monoisotopic (exact) mass is 602 g/mol. The molecule has 1 amide bonds. The number of piperazine rings is 1. The molecule has 3 aromatic heterocycles. The number of fused-ring (bicyclic) bond motifs is 1. The summed E-state index contributed by atoms with van der Waals surface area (Å²) in [5, 5.41) is 15.0. The number of amides is 1. The zero-order chi connectivity index (χ0) is 30.3. The molecular formula is C31H38N8O3S. The van der Waals surface area contributed by atoms with Crippen LogP contribution in [0.3, 0.4) is 0 Å². The summed E-state index contributed by atoms with van der Waals surface area (Å²) in [5.74, 6) is 1.93. The smallest absolute Gasteiger partial charge is 0.246 e. The summed E-state index contributed by atoms with van der Waals surface area (Å²) in [6, 6.07) is 6.39. The SMILES string of the molecule is C=CC(=O)N1CCN(c2cc(O[C@@H](C)[C@@H]3CCCN3C)nc(-c3cc(C4(C)CCCc5sc(N)c(C#N)c54)no3)n2)CC1. The van der Waals surface area contributed by atoms with Crippen molar-refractivity contribution in [1.29, 1.82) is 5.26 Å². The van der Waals surface area contributed by atoms with Crippen LogP contribution in [0.4, 0.5) is 10.8 Å². The highest BCUT2D eigenvalue weighted by Gasteiger charge is 2.41.